The van der Waals surface area contributed by atoms with Gasteiger partial charge in [0.1, 0.15) is 0 Å². The SMILES string of the molecule is Cc1ccccc1NC(=O)N(C)[C@H]1C[C@H]2c3[nH]c4c(-c5ccccc5)cccc4c3CCN2C(=O)[C@H]1[C@H](C)O. The van der Waals surface area contributed by atoms with Crippen LogP contribution in [-0.4, -0.2) is 57.6 Å². The number of carbonyl (C=O) groups is 2. The molecular formula is C32H34N4O3. The minimum atomic E-state index is -0.883. The molecule has 7 heteroatoms. The van der Waals surface area contributed by atoms with Crippen LogP contribution in [0.5, 0.6) is 0 Å². The van der Waals surface area contributed by atoms with Crippen molar-refractivity contribution < 1.29 is 14.7 Å². The summed E-state index contributed by atoms with van der Waals surface area (Å²) in [6.45, 7) is 4.18. The van der Waals surface area contributed by atoms with Crippen molar-refractivity contribution in [3.8, 4) is 11.1 Å². The molecule has 2 aliphatic heterocycles. The summed E-state index contributed by atoms with van der Waals surface area (Å²) in [5.41, 5.74) is 7.30. The molecule has 1 saturated heterocycles. The monoisotopic (exact) mass is 522 g/mol. The van der Waals surface area contributed by atoms with E-state index in [0.29, 0.717) is 13.0 Å². The second-order valence-corrected chi connectivity index (χ2v) is 10.8. The van der Waals surface area contributed by atoms with Crippen LogP contribution in [0.2, 0.25) is 0 Å². The van der Waals surface area contributed by atoms with Gasteiger partial charge in [-0.3, -0.25) is 4.79 Å². The van der Waals surface area contributed by atoms with Gasteiger partial charge in [0.15, 0.2) is 0 Å². The highest BCUT2D eigenvalue weighted by atomic mass is 16.3. The first kappa shape index (κ1) is 25.2. The first-order chi connectivity index (χ1) is 18.8. The van der Waals surface area contributed by atoms with Crippen molar-refractivity contribution in [2.75, 3.05) is 18.9 Å². The van der Waals surface area contributed by atoms with Crippen LogP contribution in [0.3, 0.4) is 0 Å². The van der Waals surface area contributed by atoms with Gasteiger partial charge in [-0.05, 0) is 49.4 Å². The predicted molar refractivity (Wildman–Crippen MR) is 153 cm³/mol. The number of piperidine rings is 1. The van der Waals surface area contributed by atoms with E-state index in [0.717, 1.165) is 40.0 Å². The number of nitrogens with zero attached hydrogens (tertiary/aromatic N) is 2. The van der Waals surface area contributed by atoms with Crippen LogP contribution in [0.1, 0.15) is 36.2 Å². The standard InChI is InChI=1S/C32H34N4O3/c1-19-10-7-8-15-25(19)33-32(39)35(3)26-18-27-30-24(16-17-36(27)31(38)28(26)20(2)37)23-14-9-13-22(29(23)34-30)21-11-5-4-6-12-21/h4-15,20,26-28,34,37H,16-18H2,1-3H3,(H,33,39)/t20-,26-,27-,28-/m0/s1. The number of aryl methyl sites for hydroxylation is 1. The van der Waals surface area contributed by atoms with Gasteiger partial charge in [0, 0.05) is 42.0 Å². The summed E-state index contributed by atoms with van der Waals surface area (Å²) in [6.07, 6.45) is 0.404. The van der Waals surface area contributed by atoms with E-state index in [2.05, 4.69) is 40.6 Å². The number of aromatic amines is 1. The van der Waals surface area contributed by atoms with Gasteiger partial charge in [-0.2, -0.15) is 0 Å². The first-order valence-electron chi connectivity index (χ1n) is 13.6. The zero-order chi connectivity index (χ0) is 27.3. The largest absolute Gasteiger partial charge is 0.393 e. The Balaban J connectivity index is 1.37. The number of hydrogen-bond donors (Lipinski definition) is 3. The number of para-hydroxylation sites is 2. The lowest BCUT2D eigenvalue weighted by molar-refractivity contribution is -0.151. The molecule has 0 unspecified atom stereocenters. The molecule has 0 radical (unpaired) electrons. The zero-order valence-electron chi connectivity index (χ0n) is 22.5. The van der Waals surface area contributed by atoms with E-state index in [1.165, 1.54) is 10.9 Å². The van der Waals surface area contributed by atoms with E-state index >= 15 is 0 Å². The average molecular weight is 523 g/mol. The summed E-state index contributed by atoms with van der Waals surface area (Å²) in [4.78, 5) is 34.5. The predicted octanol–water partition coefficient (Wildman–Crippen LogP) is 5.50. The van der Waals surface area contributed by atoms with Gasteiger partial charge in [0.25, 0.3) is 0 Å². The van der Waals surface area contributed by atoms with E-state index in [9.17, 15) is 14.7 Å². The second-order valence-electron chi connectivity index (χ2n) is 10.8. The molecule has 1 fully saturated rings. The third-order valence-corrected chi connectivity index (χ3v) is 8.54. The van der Waals surface area contributed by atoms with Crippen LogP contribution in [0.4, 0.5) is 10.5 Å². The summed E-state index contributed by atoms with van der Waals surface area (Å²) >= 11 is 0. The molecule has 2 aliphatic rings. The maximum atomic E-state index is 13.9. The summed E-state index contributed by atoms with van der Waals surface area (Å²) in [6, 6.07) is 23.3. The highest BCUT2D eigenvalue weighted by Crippen LogP contribution is 2.44. The van der Waals surface area contributed by atoms with Crippen molar-refractivity contribution >= 4 is 28.5 Å². The number of rotatable bonds is 4. The van der Waals surface area contributed by atoms with Crippen LogP contribution in [0.25, 0.3) is 22.0 Å². The molecule has 1 aromatic heterocycles. The molecule has 3 N–H and O–H groups in total. The van der Waals surface area contributed by atoms with Crippen molar-refractivity contribution in [2.24, 2.45) is 5.92 Å². The van der Waals surface area contributed by atoms with E-state index in [1.54, 1.807) is 18.9 Å². The average Bonchev–Trinajstić information content (AvgIpc) is 3.33. The van der Waals surface area contributed by atoms with Crippen molar-refractivity contribution in [1.29, 1.82) is 0 Å². The van der Waals surface area contributed by atoms with Gasteiger partial charge < -0.3 is 25.2 Å². The number of benzene rings is 3. The number of anilines is 1. The fraction of sp³-hybridized carbons (Fsp3) is 0.312. The second kappa shape index (κ2) is 9.89. The van der Waals surface area contributed by atoms with Crippen molar-refractivity contribution in [3.05, 3.63) is 89.6 Å². The summed E-state index contributed by atoms with van der Waals surface area (Å²) in [5.74, 6) is -0.797. The number of nitrogens with one attached hydrogen (secondary N) is 2. The third kappa shape index (κ3) is 4.27. The fourth-order valence-corrected chi connectivity index (χ4v) is 6.48. The van der Waals surface area contributed by atoms with Crippen LogP contribution >= 0.6 is 0 Å². The smallest absolute Gasteiger partial charge is 0.321 e. The number of aliphatic hydroxyl groups excluding tert-OH is 1. The van der Waals surface area contributed by atoms with Crippen LogP contribution in [0, 0.1) is 12.8 Å². The lowest BCUT2D eigenvalue weighted by Gasteiger charge is -2.48. The summed E-state index contributed by atoms with van der Waals surface area (Å²) < 4.78 is 0. The molecule has 200 valence electrons. The molecule has 3 heterocycles. The molecule has 39 heavy (non-hydrogen) atoms. The summed E-state index contributed by atoms with van der Waals surface area (Å²) in [5, 5.41) is 14.9. The number of urea groups is 1. The highest BCUT2D eigenvalue weighted by Gasteiger charge is 2.49. The molecule has 6 rings (SSSR count). The lowest BCUT2D eigenvalue weighted by atomic mass is 9.79. The molecule has 0 saturated carbocycles. The van der Waals surface area contributed by atoms with Gasteiger partial charge in [-0.25, -0.2) is 4.79 Å². The van der Waals surface area contributed by atoms with Crippen LogP contribution in [0.15, 0.2) is 72.8 Å². The maximum Gasteiger partial charge on any atom is 0.321 e. The topological polar surface area (TPSA) is 88.7 Å². The number of hydrogen-bond acceptors (Lipinski definition) is 3. The van der Waals surface area contributed by atoms with Crippen molar-refractivity contribution in [2.45, 2.75) is 44.9 Å². The van der Waals surface area contributed by atoms with Crippen LogP contribution < -0.4 is 5.32 Å². The van der Waals surface area contributed by atoms with E-state index in [4.69, 9.17) is 0 Å². The van der Waals surface area contributed by atoms with Crippen molar-refractivity contribution in [1.82, 2.24) is 14.8 Å². The molecule has 4 aromatic rings. The van der Waals surface area contributed by atoms with Gasteiger partial charge in [-0.1, -0.05) is 66.7 Å². The number of aromatic nitrogens is 1. The Morgan fingerprint density at radius 1 is 1.08 bits per heavy atom. The van der Waals surface area contributed by atoms with Gasteiger partial charge >= 0.3 is 6.03 Å². The van der Waals surface area contributed by atoms with E-state index in [1.807, 2.05) is 54.3 Å². The molecule has 4 atom stereocenters. The fourth-order valence-electron chi connectivity index (χ4n) is 6.48. The Bertz CT molecular complexity index is 1540. The van der Waals surface area contributed by atoms with Crippen LogP contribution in [-0.2, 0) is 11.2 Å². The van der Waals surface area contributed by atoms with Gasteiger partial charge in [-0.15, -0.1) is 0 Å². The normalized spacial score (nSPS) is 21.3. The Labute approximate surface area is 228 Å². The maximum absolute atomic E-state index is 13.9. The van der Waals surface area contributed by atoms with Crippen molar-refractivity contribution in [3.63, 3.8) is 0 Å². The molecule has 0 aliphatic carbocycles. The Kier molecular flexibility index (Phi) is 6.39. The number of aliphatic hydroxyl groups is 1. The Morgan fingerprint density at radius 2 is 1.82 bits per heavy atom. The number of H-pyrrole nitrogens is 1. The minimum absolute atomic E-state index is 0.102. The van der Waals surface area contributed by atoms with Gasteiger partial charge in [0.2, 0.25) is 5.91 Å². The molecule has 0 bridgehead atoms. The molecule has 3 amide bonds. The van der Waals surface area contributed by atoms with Gasteiger partial charge in [0.05, 0.1) is 23.6 Å². The number of carbonyl (C=O) groups excluding carboxylic acids is 2. The Morgan fingerprint density at radius 3 is 2.56 bits per heavy atom. The molecule has 7 nitrogen and oxygen atoms in total. The first-order valence-corrected chi connectivity index (χ1v) is 13.6. The number of fused-ring (bicyclic) bond motifs is 5. The van der Waals surface area contributed by atoms with E-state index < -0.39 is 18.1 Å². The zero-order valence-corrected chi connectivity index (χ0v) is 22.5. The third-order valence-electron chi connectivity index (χ3n) is 8.54. The summed E-state index contributed by atoms with van der Waals surface area (Å²) in [7, 11) is 1.72. The Hall–Kier alpha value is -4.10. The molecule has 0 spiro atoms. The van der Waals surface area contributed by atoms with E-state index in [-0.39, 0.29) is 18.0 Å². The highest BCUT2D eigenvalue weighted by molar-refractivity contribution is 5.98. The quantitative estimate of drug-likeness (QED) is 0.331. The number of amides is 3. The lowest BCUT2D eigenvalue weighted by Crippen LogP contribution is -2.60. The minimum Gasteiger partial charge on any atom is -0.393 e. The molecular weight excluding hydrogens is 488 g/mol. The molecule has 3 aromatic carbocycles.